The number of aromatic nitrogens is 1. The molecule has 0 amide bonds. The zero-order chi connectivity index (χ0) is 11.7. The number of hydrogen-bond acceptors (Lipinski definition) is 2. The van der Waals surface area contributed by atoms with Gasteiger partial charge in [-0.2, -0.15) is 0 Å². The summed E-state index contributed by atoms with van der Waals surface area (Å²) in [6.45, 7) is 0.830. The van der Waals surface area contributed by atoms with Crippen LogP contribution in [-0.2, 0) is 6.54 Å². The summed E-state index contributed by atoms with van der Waals surface area (Å²) in [5, 5.41) is 0.857. The Labute approximate surface area is 120 Å². The number of rotatable bonds is 2. The van der Waals surface area contributed by atoms with E-state index in [1.165, 1.54) is 15.8 Å². The van der Waals surface area contributed by atoms with Crippen molar-refractivity contribution in [2.75, 3.05) is 5.73 Å². The largest absolute Gasteiger partial charge is 0.333 e. The number of halogens is 1. The molecule has 0 fully saturated rings. The van der Waals surface area contributed by atoms with Gasteiger partial charge in [-0.25, -0.2) is 4.57 Å². The summed E-state index contributed by atoms with van der Waals surface area (Å²) >= 11 is 1.64. The number of fused-ring (bicyclic) bond motifs is 1. The van der Waals surface area contributed by atoms with E-state index in [1.54, 1.807) is 11.3 Å². The zero-order valence-electron chi connectivity index (χ0n) is 9.74. The highest BCUT2D eigenvalue weighted by Crippen LogP contribution is 2.21. The molecule has 3 rings (SSSR count). The molecule has 4 heteroatoms. The van der Waals surface area contributed by atoms with Crippen LogP contribution in [0.3, 0.4) is 0 Å². The molecule has 1 aromatic heterocycles. The number of thiazole rings is 1. The van der Waals surface area contributed by atoms with E-state index in [1.807, 2.05) is 12.1 Å². The molecular weight excluding hydrogens is 308 g/mol. The number of para-hydroxylation sites is 1. The molecule has 0 atom stereocenters. The van der Waals surface area contributed by atoms with Crippen molar-refractivity contribution in [3.05, 3.63) is 60.2 Å². The van der Waals surface area contributed by atoms with Crippen LogP contribution < -0.4 is 10.3 Å². The predicted molar refractivity (Wildman–Crippen MR) is 82.3 cm³/mol. The van der Waals surface area contributed by atoms with E-state index in [0.29, 0.717) is 0 Å². The highest BCUT2D eigenvalue weighted by Gasteiger charge is 2.14. The molecule has 0 aliphatic heterocycles. The topological polar surface area (TPSA) is 29.9 Å². The van der Waals surface area contributed by atoms with Crippen molar-refractivity contribution in [3.8, 4) is 0 Å². The van der Waals surface area contributed by atoms with Crippen LogP contribution in [0.4, 0.5) is 5.13 Å². The van der Waals surface area contributed by atoms with Gasteiger partial charge in [0, 0.05) is 0 Å². The first-order valence-electron chi connectivity index (χ1n) is 5.55. The van der Waals surface area contributed by atoms with Gasteiger partial charge >= 0.3 is 5.13 Å². The van der Waals surface area contributed by atoms with Crippen molar-refractivity contribution < 1.29 is 4.57 Å². The van der Waals surface area contributed by atoms with Crippen LogP contribution in [0.25, 0.3) is 10.2 Å². The summed E-state index contributed by atoms with van der Waals surface area (Å²) in [5.74, 6) is 0. The summed E-state index contributed by atoms with van der Waals surface area (Å²) in [6, 6.07) is 18.7. The lowest BCUT2D eigenvalue weighted by atomic mass is 10.2. The third-order valence-corrected chi connectivity index (χ3v) is 3.81. The lowest BCUT2D eigenvalue weighted by Gasteiger charge is -2.00. The lowest BCUT2D eigenvalue weighted by molar-refractivity contribution is -0.644. The second-order valence-corrected chi connectivity index (χ2v) is 5.04. The summed E-state index contributed by atoms with van der Waals surface area (Å²) in [6.07, 6.45) is 0. The van der Waals surface area contributed by atoms with Crippen LogP contribution in [-0.4, -0.2) is 0 Å². The van der Waals surface area contributed by atoms with Crippen LogP contribution in [0, 0.1) is 0 Å². The lowest BCUT2D eigenvalue weighted by Crippen LogP contribution is -2.35. The number of hydrogen-bond donors (Lipinski definition) is 1. The number of nitrogen functional groups attached to an aromatic ring is 1. The number of anilines is 1. The highest BCUT2D eigenvalue weighted by molar-refractivity contribution is 8.93. The van der Waals surface area contributed by atoms with Crippen molar-refractivity contribution in [3.63, 3.8) is 0 Å². The first-order valence-corrected chi connectivity index (χ1v) is 6.37. The average molecular weight is 322 g/mol. The minimum absolute atomic E-state index is 0. The fourth-order valence-corrected chi connectivity index (χ4v) is 2.91. The van der Waals surface area contributed by atoms with Gasteiger partial charge in [-0.05, 0) is 29.0 Å². The normalized spacial score (nSPS) is 10.2. The van der Waals surface area contributed by atoms with E-state index in [2.05, 4.69) is 47.0 Å². The van der Waals surface area contributed by atoms with Crippen molar-refractivity contribution in [1.82, 2.24) is 0 Å². The van der Waals surface area contributed by atoms with Crippen LogP contribution in [0.15, 0.2) is 54.6 Å². The van der Waals surface area contributed by atoms with E-state index in [-0.39, 0.29) is 17.0 Å². The van der Waals surface area contributed by atoms with Crippen molar-refractivity contribution in [2.24, 2.45) is 0 Å². The van der Waals surface area contributed by atoms with Gasteiger partial charge in [0.25, 0.3) is 0 Å². The molecule has 0 saturated heterocycles. The Kier molecular flexibility index (Phi) is 3.99. The Morgan fingerprint density at radius 2 is 1.61 bits per heavy atom. The van der Waals surface area contributed by atoms with Crippen molar-refractivity contribution in [2.45, 2.75) is 6.54 Å². The molecule has 1 heterocycles. The molecule has 0 aliphatic carbocycles. The highest BCUT2D eigenvalue weighted by atomic mass is 79.9. The Hall–Kier alpha value is -1.39. The number of nitrogens with two attached hydrogens (primary N) is 1. The van der Waals surface area contributed by atoms with Gasteiger partial charge in [0.15, 0.2) is 0 Å². The van der Waals surface area contributed by atoms with Crippen LogP contribution >= 0.6 is 28.3 Å². The molecule has 2 N–H and O–H groups in total. The second kappa shape index (κ2) is 5.50. The minimum Gasteiger partial charge on any atom is -0.278 e. The van der Waals surface area contributed by atoms with Crippen molar-refractivity contribution >= 4 is 43.7 Å². The standard InChI is InChI=1S/C14H12N2S.BrH/c15-14-16(10-11-6-2-1-3-7-11)12-8-4-5-9-13(12)17-14;/h1-9,15H,10H2;1H/p+1. The first-order chi connectivity index (χ1) is 8.34. The fraction of sp³-hybridized carbons (Fsp3) is 0.0714. The molecule has 0 radical (unpaired) electrons. The second-order valence-electron chi connectivity index (χ2n) is 3.98. The molecule has 92 valence electrons. The maximum Gasteiger partial charge on any atom is 0.333 e. The molecule has 0 spiro atoms. The van der Waals surface area contributed by atoms with E-state index >= 15 is 0 Å². The molecule has 18 heavy (non-hydrogen) atoms. The van der Waals surface area contributed by atoms with Gasteiger partial charge in [0.1, 0.15) is 12.1 Å². The van der Waals surface area contributed by atoms with Gasteiger partial charge in [0.2, 0.25) is 0 Å². The zero-order valence-corrected chi connectivity index (χ0v) is 12.3. The van der Waals surface area contributed by atoms with Crippen LogP contribution in [0.1, 0.15) is 5.56 Å². The summed E-state index contributed by atoms with van der Waals surface area (Å²) in [7, 11) is 0. The molecule has 0 bridgehead atoms. The summed E-state index contributed by atoms with van der Waals surface area (Å²) in [4.78, 5) is 0. The van der Waals surface area contributed by atoms with Gasteiger partial charge < -0.3 is 0 Å². The van der Waals surface area contributed by atoms with E-state index in [9.17, 15) is 0 Å². The van der Waals surface area contributed by atoms with E-state index in [4.69, 9.17) is 5.73 Å². The maximum atomic E-state index is 6.08. The van der Waals surface area contributed by atoms with E-state index in [0.717, 1.165) is 11.7 Å². The predicted octanol–water partition coefficient (Wildman–Crippen LogP) is 3.40. The monoisotopic (exact) mass is 321 g/mol. The molecular formula is C14H14BrN2S+. The van der Waals surface area contributed by atoms with Crippen molar-refractivity contribution in [1.29, 1.82) is 0 Å². The van der Waals surface area contributed by atoms with Crippen LogP contribution in [0.2, 0.25) is 0 Å². The van der Waals surface area contributed by atoms with Gasteiger partial charge in [-0.3, -0.25) is 5.73 Å². The summed E-state index contributed by atoms with van der Waals surface area (Å²) in [5.41, 5.74) is 8.56. The Balaban J connectivity index is 0.00000120. The quantitative estimate of drug-likeness (QED) is 0.720. The molecule has 0 saturated carbocycles. The Bertz CT molecular complexity index is 649. The molecule has 0 aliphatic rings. The third-order valence-electron chi connectivity index (χ3n) is 2.82. The number of benzene rings is 2. The van der Waals surface area contributed by atoms with Gasteiger partial charge in [-0.1, -0.05) is 42.5 Å². The average Bonchev–Trinajstić information content (AvgIpc) is 2.68. The SMILES string of the molecule is Br.Nc1sc2ccccc2[n+]1Cc1ccccc1. The van der Waals surface area contributed by atoms with Gasteiger partial charge in [-0.15, -0.1) is 17.0 Å². The Morgan fingerprint density at radius 3 is 2.39 bits per heavy atom. The Morgan fingerprint density at radius 1 is 0.944 bits per heavy atom. The van der Waals surface area contributed by atoms with Gasteiger partial charge in [0.05, 0.1) is 4.70 Å². The molecule has 0 unspecified atom stereocenters. The molecule has 3 aromatic rings. The number of nitrogens with zero attached hydrogens (tertiary/aromatic N) is 1. The first kappa shape index (κ1) is 13.1. The summed E-state index contributed by atoms with van der Waals surface area (Å²) < 4.78 is 3.40. The minimum atomic E-state index is 0. The third kappa shape index (κ3) is 2.40. The smallest absolute Gasteiger partial charge is 0.278 e. The van der Waals surface area contributed by atoms with E-state index < -0.39 is 0 Å². The fourth-order valence-electron chi connectivity index (χ4n) is 1.98. The van der Waals surface area contributed by atoms with Crippen LogP contribution in [0.5, 0.6) is 0 Å². The maximum absolute atomic E-state index is 6.08. The molecule has 2 aromatic carbocycles. The molecule has 2 nitrogen and oxygen atoms in total.